The van der Waals surface area contributed by atoms with Crippen LogP contribution < -0.4 is 10.2 Å². The van der Waals surface area contributed by atoms with E-state index in [1.807, 2.05) is 19.9 Å². The molecule has 23 heavy (non-hydrogen) atoms. The number of hydrogen-bond acceptors (Lipinski definition) is 3. The molecule has 5 nitrogen and oxygen atoms in total. The Labute approximate surface area is 133 Å². The Balaban J connectivity index is 1.91. The lowest BCUT2D eigenvalue weighted by Crippen LogP contribution is -2.33. The van der Waals surface area contributed by atoms with E-state index in [1.54, 1.807) is 24.1 Å². The number of rotatable bonds is 2. The van der Waals surface area contributed by atoms with Crippen molar-refractivity contribution in [2.45, 2.75) is 19.3 Å². The van der Waals surface area contributed by atoms with Gasteiger partial charge >= 0.3 is 0 Å². The lowest BCUT2D eigenvalue weighted by molar-refractivity contribution is -0.121. The van der Waals surface area contributed by atoms with Gasteiger partial charge in [0.15, 0.2) is 5.82 Å². The number of amides is 2. The van der Waals surface area contributed by atoms with E-state index < -0.39 is 17.1 Å². The van der Waals surface area contributed by atoms with Gasteiger partial charge in [0.2, 0.25) is 5.91 Å². The second kappa shape index (κ2) is 5.15. The highest BCUT2D eigenvalue weighted by Crippen LogP contribution is 2.41. The van der Waals surface area contributed by atoms with Gasteiger partial charge in [-0.3, -0.25) is 14.6 Å². The lowest BCUT2D eigenvalue weighted by Gasteiger charge is -2.16. The highest BCUT2D eigenvalue weighted by atomic mass is 19.1. The molecule has 2 heterocycles. The summed E-state index contributed by atoms with van der Waals surface area (Å²) in [6, 6.07) is 6.56. The Hall–Kier alpha value is -2.76. The van der Waals surface area contributed by atoms with Gasteiger partial charge in [-0.15, -0.1) is 0 Å². The molecule has 1 N–H and O–H groups in total. The van der Waals surface area contributed by atoms with Crippen molar-refractivity contribution in [2.75, 3.05) is 17.3 Å². The minimum Gasteiger partial charge on any atom is -0.322 e. The fourth-order valence-corrected chi connectivity index (χ4v) is 2.82. The Morgan fingerprint density at radius 3 is 2.74 bits per heavy atom. The molecule has 1 aromatic carbocycles. The topological polar surface area (TPSA) is 62.3 Å². The van der Waals surface area contributed by atoms with Gasteiger partial charge in [-0.05, 0) is 37.6 Å². The quantitative estimate of drug-likeness (QED) is 0.927. The largest absolute Gasteiger partial charge is 0.322 e. The Kier molecular flexibility index (Phi) is 3.39. The van der Waals surface area contributed by atoms with Crippen molar-refractivity contribution >= 4 is 23.2 Å². The maximum Gasteiger partial charge on any atom is 0.258 e. The van der Waals surface area contributed by atoms with Gasteiger partial charge in [-0.25, -0.2) is 4.39 Å². The molecule has 6 heteroatoms. The maximum atomic E-state index is 13.6. The van der Waals surface area contributed by atoms with Gasteiger partial charge in [0, 0.05) is 24.6 Å². The van der Waals surface area contributed by atoms with Crippen LogP contribution in [-0.2, 0) is 10.2 Å². The van der Waals surface area contributed by atoms with Crippen LogP contribution in [0.2, 0.25) is 0 Å². The molecular formula is C17H16FN3O2. The third kappa shape index (κ3) is 2.36. The van der Waals surface area contributed by atoms with Crippen molar-refractivity contribution in [2.24, 2.45) is 0 Å². The number of likely N-dealkylation sites (N-methyl/N-ethyl adjacent to an activating group) is 1. The van der Waals surface area contributed by atoms with Crippen LogP contribution in [0.15, 0.2) is 36.7 Å². The summed E-state index contributed by atoms with van der Waals surface area (Å²) in [7, 11) is 1.70. The zero-order chi connectivity index (χ0) is 16.8. The molecule has 0 atom stereocenters. The van der Waals surface area contributed by atoms with Crippen LogP contribution in [0.3, 0.4) is 0 Å². The number of benzene rings is 1. The van der Waals surface area contributed by atoms with E-state index >= 15 is 0 Å². The molecule has 0 fully saturated rings. The Morgan fingerprint density at radius 1 is 1.30 bits per heavy atom. The number of aromatic nitrogens is 1. The van der Waals surface area contributed by atoms with Crippen molar-refractivity contribution in [3.8, 4) is 0 Å². The number of nitrogens with one attached hydrogen (secondary N) is 1. The van der Waals surface area contributed by atoms with Crippen LogP contribution in [0.25, 0.3) is 0 Å². The average molecular weight is 313 g/mol. The second-order valence-electron chi connectivity index (χ2n) is 6.03. The Bertz CT molecular complexity index is 817. The average Bonchev–Trinajstić information content (AvgIpc) is 2.68. The molecule has 0 bridgehead atoms. The Morgan fingerprint density at radius 2 is 2.04 bits per heavy atom. The number of halogens is 1. The van der Waals surface area contributed by atoms with E-state index in [4.69, 9.17) is 0 Å². The first-order valence-corrected chi connectivity index (χ1v) is 7.16. The molecule has 0 radical (unpaired) electrons. The summed E-state index contributed by atoms with van der Waals surface area (Å²) in [4.78, 5) is 29.6. The molecule has 0 saturated carbocycles. The molecule has 0 unspecified atom stereocenters. The minimum absolute atomic E-state index is 0.00356. The van der Waals surface area contributed by atoms with Crippen LogP contribution in [0.5, 0.6) is 0 Å². The van der Waals surface area contributed by atoms with Gasteiger partial charge in [-0.1, -0.05) is 6.07 Å². The van der Waals surface area contributed by atoms with Crippen molar-refractivity contribution in [3.63, 3.8) is 0 Å². The summed E-state index contributed by atoms with van der Waals surface area (Å²) >= 11 is 0. The SMILES string of the molecule is CN1C(=O)C(C)(C)c2ccc(NC(=O)c3ccncc3F)cc21. The minimum atomic E-state index is -0.681. The summed E-state index contributed by atoms with van der Waals surface area (Å²) in [6.45, 7) is 3.73. The van der Waals surface area contributed by atoms with E-state index in [-0.39, 0.29) is 11.5 Å². The normalized spacial score (nSPS) is 15.5. The number of nitrogens with zero attached hydrogens (tertiary/aromatic N) is 2. The standard InChI is InChI=1S/C17H16FN3O2/c1-17(2)12-5-4-10(8-14(12)21(3)16(17)23)20-15(22)11-6-7-19-9-13(11)18/h4-9H,1-3H3,(H,20,22). The molecule has 3 rings (SSSR count). The summed E-state index contributed by atoms with van der Waals surface area (Å²) in [5.41, 5.74) is 1.47. The number of hydrogen-bond donors (Lipinski definition) is 1. The first-order chi connectivity index (χ1) is 10.8. The summed E-state index contributed by atoms with van der Waals surface area (Å²) in [5.74, 6) is -1.24. The van der Waals surface area contributed by atoms with Gasteiger partial charge in [-0.2, -0.15) is 0 Å². The van der Waals surface area contributed by atoms with Crippen molar-refractivity contribution in [1.29, 1.82) is 0 Å². The molecular weight excluding hydrogens is 297 g/mol. The zero-order valence-corrected chi connectivity index (χ0v) is 13.1. The smallest absolute Gasteiger partial charge is 0.258 e. The van der Waals surface area contributed by atoms with Crippen molar-refractivity contribution in [3.05, 3.63) is 53.6 Å². The van der Waals surface area contributed by atoms with Crippen LogP contribution in [0.4, 0.5) is 15.8 Å². The van der Waals surface area contributed by atoms with E-state index in [0.29, 0.717) is 5.69 Å². The zero-order valence-electron chi connectivity index (χ0n) is 13.1. The summed E-state index contributed by atoms with van der Waals surface area (Å²) in [5, 5.41) is 2.65. The number of pyridine rings is 1. The summed E-state index contributed by atoms with van der Waals surface area (Å²) < 4.78 is 13.6. The molecule has 118 valence electrons. The number of carbonyl (C=O) groups is 2. The predicted molar refractivity (Wildman–Crippen MR) is 85.0 cm³/mol. The van der Waals surface area contributed by atoms with Gasteiger partial charge in [0.05, 0.1) is 17.2 Å². The fraction of sp³-hybridized carbons (Fsp3) is 0.235. The number of carbonyl (C=O) groups excluding carboxylic acids is 2. The maximum absolute atomic E-state index is 13.6. The number of fused-ring (bicyclic) bond motifs is 1. The van der Waals surface area contributed by atoms with Crippen LogP contribution in [0, 0.1) is 5.82 Å². The van der Waals surface area contributed by atoms with Crippen molar-refractivity contribution < 1.29 is 14.0 Å². The molecule has 0 spiro atoms. The van der Waals surface area contributed by atoms with E-state index in [9.17, 15) is 14.0 Å². The molecule has 2 aromatic rings. The summed E-state index contributed by atoms with van der Waals surface area (Å²) in [6.07, 6.45) is 2.35. The van der Waals surface area contributed by atoms with E-state index in [0.717, 1.165) is 17.4 Å². The molecule has 1 aliphatic rings. The molecule has 0 aliphatic carbocycles. The first kappa shape index (κ1) is 15.1. The molecule has 0 saturated heterocycles. The van der Waals surface area contributed by atoms with Gasteiger partial charge in [0.1, 0.15) is 0 Å². The first-order valence-electron chi connectivity index (χ1n) is 7.16. The second-order valence-corrected chi connectivity index (χ2v) is 6.03. The highest BCUT2D eigenvalue weighted by molar-refractivity contribution is 6.09. The predicted octanol–water partition coefficient (Wildman–Crippen LogP) is 2.73. The van der Waals surface area contributed by atoms with Crippen LogP contribution >= 0.6 is 0 Å². The fourth-order valence-electron chi connectivity index (χ4n) is 2.82. The molecule has 2 amide bonds. The van der Waals surface area contributed by atoms with E-state index in [2.05, 4.69) is 10.3 Å². The monoisotopic (exact) mass is 313 g/mol. The van der Waals surface area contributed by atoms with E-state index in [1.165, 1.54) is 12.3 Å². The van der Waals surface area contributed by atoms with Crippen LogP contribution in [0.1, 0.15) is 29.8 Å². The lowest BCUT2D eigenvalue weighted by atomic mass is 9.86. The van der Waals surface area contributed by atoms with Crippen LogP contribution in [-0.4, -0.2) is 23.8 Å². The molecule has 1 aliphatic heterocycles. The van der Waals surface area contributed by atoms with Crippen molar-refractivity contribution in [1.82, 2.24) is 4.98 Å². The highest BCUT2D eigenvalue weighted by Gasteiger charge is 2.42. The van der Waals surface area contributed by atoms with Gasteiger partial charge in [0.25, 0.3) is 5.91 Å². The molecule has 1 aromatic heterocycles. The third-order valence-electron chi connectivity index (χ3n) is 4.15. The third-order valence-corrected chi connectivity index (χ3v) is 4.15. The number of anilines is 2. The van der Waals surface area contributed by atoms with Gasteiger partial charge < -0.3 is 10.2 Å².